The number of hydrogen-bond acceptors (Lipinski definition) is 5. The number of methoxy groups -OCH3 is 1. The zero-order valence-electron chi connectivity index (χ0n) is 10.1. The highest BCUT2D eigenvalue weighted by atomic mass is 35.5. The monoisotopic (exact) mass is 264 g/mol. The zero-order valence-corrected chi connectivity index (χ0v) is 10.9. The summed E-state index contributed by atoms with van der Waals surface area (Å²) in [4.78, 5) is 12.0. The van der Waals surface area contributed by atoms with Gasteiger partial charge in [-0.1, -0.05) is 11.6 Å². The van der Waals surface area contributed by atoms with E-state index in [4.69, 9.17) is 16.3 Å². The Hall–Kier alpha value is -1.88. The number of pyridine rings is 1. The number of aryl methyl sites for hydroxylation is 1. The molecule has 0 aliphatic heterocycles. The van der Waals surface area contributed by atoms with Gasteiger partial charge in [0.25, 0.3) is 0 Å². The van der Waals surface area contributed by atoms with Gasteiger partial charge in [-0.2, -0.15) is 0 Å². The number of hydrogen-bond donors (Lipinski definition) is 1. The molecule has 0 atom stereocenters. The molecule has 0 unspecified atom stereocenters. The van der Waals surface area contributed by atoms with Crippen molar-refractivity contribution in [2.24, 2.45) is 0 Å². The van der Waals surface area contributed by atoms with Gasteiger partial charge in [0.2, 0.25) is 0 Å². The van der Waals surface area contributed by atoms with Crippen molar-refractivity contribution in [2.45, 2.75) is 13.5 Å². The SMILES string of the molecule is COc1c(Cl)ncnc1NCc1ccncc1C. The van der Waals surface area contributed by atoms with Gasteiger partial charge < -0.3 is 10.1 Å². The molecule has 0 aromatic carbocycles. The maximum absolute atomic E-state index is 5.92. The highest BCUT2D eigenvalue weighted by molar-refractivity contribution is 6.31. The van der Waals surface area contributed by atoms with E-state index < -0.39 is 0 Å². The molecule has 0 saturated heterocycles. The second-order valence-corrected chi connectivity index (χ2v) is 4.06. The van der Waals surface area contributed by atoms with Gasteiger partial charge >= 0.3 is 0 Å². The average molecular weight is 265 g/mol. The molecule has 6 heteroatoms. The molecule has 0 aliphatic carbocycles. The molecule has 0 aliphatic rings. The van der Waals surface area contributed by atoms with E-state index in [1.54, 1.807) is 6.20 Å². The van der Waals surface area contributed by atoms with Crippen molar-refractivity contribution >= 4 is 17.4 Å². The Kier molecular flexibility index (Phi) is 3.94. The van der Waals surface area contributed by atoms with Crippen molar-refractivity contribution in [2.75, 3.05) is 12.4 Å². The van der Waals surface area contributed by atoms with Gasteiger partial charge in [0.15, 0.2) is 16.7 Å². The molecule has 2 heterocycles. The maximum Gasteiger partial charge on any atom is 0.198 e. The highest BCUT2D eigenvalue weighted by Gasteiger charge is 2.10. The first-order valence-electron chi connectivity index (χ1n) is 5.40. The summed E-state index contributed by atoms with van der Waals surface area (Å²) in [6, 6.07) is 1.96. The van der Waals surface area contributed by atoms with Crippen molar-refractivity contribution < 1.29 is 4.74 Å². The number of nitrogens with one attached hydrogen (secondary N) is 1. The number of rotatable bonds is 4. The van der Waals surface area contributed by atoms with E-state index in [1.807, 2.05) is 19.2 Å². The summed E-state index contributed by atoms with van der Waals surface area (Å²) < 4.78 is 5.16. The predicted molar refractivity (Wildman–Crippen MR) is 69.9 cm³/mol. The van der Waals surface area contributed by atoms with Gasteiger partial charge in [0.1, 0.15) is 6.33 Å². The van der Waals surface area contributed by atoms with Crippen LogP contribution in [0.4, 0.5) is 5.82 Å². The van der Waals surface area contributed by atoms with Gasteiger partial charge in [0, 0.05) is 18.9 Å². The Bertz CT molecular complexity index is 547. The standard InChI is InChI=1S/C12H13ClN4O/c1-8-5-14-4-3-9(8)6-15-12-10(18-2)11(13)16-7-17-12/h3-5,7H,6H2,1-2H3,(H,15,16,17). The third-order valence-electron chi connectivity index (χ3n) is 2.55. The van der Waals surface area contributed by atoms with Crippen LogP contribution in [0.3, 0.4) is 0 Å². The summed E-state index contributed by atoms with van der Waals surface area (Å²) in [5.41, 5.74) is 2.26. The molecule has 0 saturated carbocycles. The molecule has 0 bridgehead atoms. The molecule has 0 radical (unpaired) electrons. The topological polar surface area (TPSA) is 59.9 Å². The fourth-order valence-electron chi connectivity index (χ4n) is 1.54. The van der Waals surface area contributed by atoms with Crippen LogP contribution in [0.2, 0.25) is 5.15 Å². The second-order valence-electron chi connectivity index (χ2n) is 3.70. The quantitative estimate of drug-likeness (QED) is 0.860. The summed E-state index contributed by atoms with van der Waals surface area (Å²) in [5, 5.41) is 3.47. The van der Waals surface area contributed by atoms with Crippen LogP contribution in [0.1, 0.15) is 11.1 Å². The van der Waals surface area contributed by atoms with Gasteiger partial charge in [-0.05, 0) is 24.1 Å². The lowest BCUT2D eigenvalue weighted by Crippen LogP contribution is -2.05. The predicted octanol–water partition coefficient (Wildman–Crippen LogP) is 2.45. The third kappa shape index (κ3) is 2.68. The average Bonchev–Trinajstić information content (AvgIpc) is 2.38. The van der Waals surface area contributed by atoms with E-state index in [0.717, 1.165) is 11.1 Å². The first kappa shape index (κ1) is 12.6. The van der Waals surface area contributed by atoms with Crippen LogP contribution < -0.4 is 10.1 Å². The van der Waals surface area contributed by atoms with E-state index >= 15 is 0 Å². The Labute approximate surface area is 110 Å². The molecular weight excluding hydrogens is 252 g/mol. The smallest absolute Gasteiger partial charge is 0.198 e. The van der Waals surface area contributed by atoms with E-state index in [1.165, 1.54) is 13.4 Å². The van der Waals surface area contributed by atoms with Gasteiger partial charge in [-0.3, -0.25) is 4.98 Å². The minimum absolute atomic E-state index is 0.293. The number of anilines is 1. The molecule has 1 N–H and O–H groups in total. The third-order valence-corrected chi connectivity index (χ3v) is 2.82. The first-order valence-corrected chi connectivity index (χ1v) is 5.78. The van der Waals surface area contributed by atoms with Crippen molar-refractivity contribution in [3.05, 3.63) is 41.1 Å². The second kappa shape index (κ2) is 5.64. The van der Waals surface area contributed by atoms with E-state index in [-0.39, 0.29) is 0 Å². The molecular formula is C12H13ClN4O. The molecule has 2 aromatic heterocycles. The van der Waals surface area contributed by atoms with Crippen molar-refractivity contribution in [1.29, 1.82) is 0 Å². The minimum Gasteiger partial charge on any atom is -0.490 e. The van der Waals surface area contributed by atoms with Crippen molar-refractivity contribution in [1.82, 2.24) is 15.0 Å². The van der Waals surface area contributed by atoms with Crippen LogP contribution in [-0.4, -0.2) is 22.1 Å². The lowest BCUT2D eigenvalue weighted by atomic mass is 10.1. The molecule has 18 heavy (non-hydrogen) atoms. The Morgan fingerprint density at radius 3 is 2.94 bits per heavy atom. The molecule has 5 nitrogen and oxygen atoms in total. The Morgan fingerprint density at radius 1 is 1.39 bits per heavy atom. The number of aromatic nitrogens is 3. The van der Waals surface area contributed by atoms with Crippen LogP contribution in [0.15, 0.2) is 24.8 Å². The summed E-state index contributed by atoms with van der Waals surface area (Å²) in [6.45, 7) is 2.63. The lowest BCUT2D eigenvalue weighted by molar-refractivity contribution is 0.413. The van der Waals surface area contributed by atoms with Gasteiger partial charge in [0.05, 0.1) is 7.11 Å². The lowest BCUT2D eigenvalue weighted by Gasteiger charge is -2.11. The molecule has 0 fully saturated rings. The fraction of sp³-hybridized carbons (Fsp3) is 0.250. The molecule has 2 aromatic rings. The minimum atomic E-state index is 0.293. The van der Waals surface area contributed by atoms with Crippen LogP contribution in [0.5, 0.6) is 5.75 Å². The largest absolute Gasteiger partial charge is 0.490 e. The number of nitrogens with zero attached hydrogens (tertiary/aromatic N) is 3. The summed E-state index contributed by atoms with van der Waals surface area (Å²) in [5.74, 6) is 1.03. The molecule has 0 spiro atoms. The van der Waals surface area contributed by atoms with Crippen LogP contribution in [0.25, 0.3) is 0 Å². The van der Waals surface area contributed by atoms with Crippen LogP contribution >= 0.6 is 11.6 Å². The molecule has 2 rings (SSSR count). The Balaban J connectivity index is 2.16. The summed E-state index contributed by atoms with van der Waals surface area (Å²) in [7, 11) is 1.54. The molecule has 94 valence electrons. The van der Waals surface area contributed by atoms with Crippen LogP contribution in [0, 0.1) is 6.92 Å². The van der Waals surface area contributed by atoms with Crippen molar-refractivity contribution in [3.63, 3.8) is 0 Å². The number of ether oxygens (including phenoxy) is 1. The summed E-state index contributed by atoms with van der Waals surface area (Å²) in [6.07, 6.45) is 4.97. The first-order chi connectivity index (χ1) is 8.72. The van der Waals surface area contributed by atoms with Crippen molar-refractivity contribution in [3.8, 4) is 5.75 Å². The zero-order chi connectivity index (χ0) is 13.0. The van der Waals surface area contributed by atoms with E-state index in [0.29, 0.717) is 23.3 Å². The summed E-state index contributed by atoms with van der Waals surface area (Å²) >= 11 is 5.92. The van der Waals surface area contributed by atoms with Crippen LogP contribution in [-0.2, 0) is 6.54 Å². The normalized spacial score (nSPS) is 10.2. The highest BCUT2D eigenvalue weighted by Crippen LogP contribution is 2.28. The number of halogens is 1. The van der Waals surface area contributed by atoms with E-state index in [9.17, 15) is 0 Å². The van der Waals surface area contributed by atoms with Gasteiger partial charge in [-0.25, -0.2) is 9.97 Å². The van der Waals surface area contributed by atoms with E-state index in [2.05, 4.69) is 20.3 Å². The van der Waals surface area contributed by atoms with Gasteiger partial charge in [-0.15, -0.1) is 0 Å². The Morgan fingerprint density at radius 2 is 2.22 bits per heavy atom. The fourth-order valence-corrected chi connectivity index (χ4v) is 1.75. The maximum atomic E-state index is 5.92. The molecule has 0 amide bonds.